The minimum Gasteiger partial charge on any atom is -0.478 e. The van der Waals surface area contributed by atoms with Crippen molar-refractivity contribution in [3.05, 3.63) is 59.4 Å². The number of halogens is 1. The number of rotatable bonds is 4. The number of aromatic carboxylic acids is 1. The number of nitrogens with two attached hydrogens (primary N) is 1. The smallest absolute Gasteiger partial charge is 0.337 e. The Morgan fingerprint density at radius 1 is 1.23 bits per heavy atom. The summed E-state index contributed by atoms with van der Waals surface area (Å²) in [7, 11) is -3.99. The number of nitrogens with zero attached hydrogens (tertiary/aromatic N) is 1. The molecule has 0 spiro atoms. The summed E-state index contributed by atoms with van der Waals surface area (Å²) in [5.41, 5.74) is 1.04. The van der Waals surface area contributed by atoms with Gasteiger partial charge in [-0.25, -0.2) is 22.7 Å². The standard InChI is InChI=1S/C18H19FN2O4S/c1-18(12-2-4-13(19)5-3-12)8-9-21(11-18)16-7-6-14(26(20,24)25)10-15(16)17(22)23/h2-7,10H,8-9,11H2,1H3,(H,22,23)(H2,20,24,25). The molecule has 2 aromatic rings. The Labute approximate surface area is 151 Å². The van der Waals surface area contributed by atoms with Gasteiger partial charge in [-0.1, -0.05) is 19.1 Å². The van der Waals surface area contributed by atoms with Crippen molar-refractivity contribution in [1.82, 2.24) is 0 Å². The van der Waals surface area contributed by atoms with Crippen LogP contribution in [0, 0.1) is 5.82 Å². The minimum absolute atomic E-state index is 0.111. The predicted molar refractivity (Wildman–Crippen MR) is 95.4 cm³/mol. The molecular weight excluding hydrogens is 359 g/mol. The molecule has 8 heteroatoms. The topological polar surface area (TPSA) is 101 Å². The highest BCUT2D eigenvalue weighted by Crippen LogP contribution is 2.38. The Bertz CT molecular complexity index is 960. The summed E-state index contributed by atoms with van der Waals surface area (Å²) in [6.45, 7) is 3.18. The van der Waals surface area contributed by atoms with Crippen LogP contribution in [-0.4, -0.2) is 32.6 Å². The van der Waals surface area contributed by atoms with E-state index in [1.165, 1.54) is 24.3 Å². The van der Waals surface area contributed by atoms with Gasteiger partial charge >= 0.3 is 5.97 Å². The number of anilines is 1. The van der Waals surface area contributed by atoms with E-state index in [9.17, 15) is 22.7 Å². The van der Waals surface area contributed by atoms with Crippen molar-refractivity contribution >= 4 is 21.7 Å². The third-order valence-electron chi connectivity index (χ3n) is 4.88. The van der Waals surface area contributed by atoms with E-state index in [2.05, 4.69) is 0 Å². The number of benzene rings is 2. The van der Waals surface area contributed by atoms with Crippen LogP contribution in [0.3, 0.4) is 0 Å². The van der Waals surface area contributed by atoms with Crippen molar-refractivity contribution in [1.29, 1.82) is 0 Å². The van der Waals surface area contributed by atoms with Crippen molar-refractivity contribution in [3.63, 3.8) is 0 Å². The Balaban J connectivity index is 1.95. The van der Waals surface area contributed by atoms with Crippen LogP contribution in [0.25, 0.3) is 0 Å². The molecule has 1 atom stereocenters. The number of hydrogen-bond acceptors (Lipinski definition) is 4. The van der Waals surface area contributed by atoms with E-state index in [0.29, 0.717) is 18.8 Å². The molecular formula is C18H19FN2O4S. The first-order valence-electron chi connectivity index (χ1n) is 8.01. The molecule has 0 radical (unpaired) electrons. The summed E-state index contributed by atoms with van der Waals surface area (Å²) in [6, 6.07) is 10.2. The first kappa shape index (κ1) is 18.3. The molecule has 1 heterocycles. The Hall–Kier alpha value is -2.45. The van der Waals surface area contributed by atoms with E-state index in [1.807, 2.05) is 11.8 Å². The second-order valence-electron chi connectivity index (χ2n) is 6.77. The van der Waals surface area contributed by atoms with Gasteiger partial charge in [0.2, 0.25) is 10.0 Å². The maximum absolute atomic E-state index is 13.2. The first-order chi connectivity index (χ1) is 12.1. The molecule has 0 aromatic heterocycles. The maximum atomic E-state index is 13.2. The molecule has 3 rings (SSSR count). The van der Waals surface area contributed by atoms with Crippen LogP contribution in [0.15, 0.2) is 47.4 Å². The SMILES string of the molecule is CC1(c2ccc(F)cc2)CCN(c2ccc(S(N)(=O)=O)cc2C(=O)O)C1. The fraction of sp³-hybridized carbons (Fsp3) is 0.278. The molecule has 1 aliphatic heterocycles. The molecule has 138 valence electrons. The van der Waals surface area contributed by atoms with Crippen LogP contribution in [0.2, 0.25) is 0 Å². The zero-order valence-corrected chi connectivity index (χ0v) is 15.0. The van der Waals surface area contributed by atoms with E-state index in [-0.39, 0.29) is 21.7 Å². The molecule has 0 bridgehead atoms. The maximum Gasteiger partial charge on any atom is 0.337 e. The van der Waals surface area contributed by atoms with Crippen LogP contribution in [0.5, 0.6) is 0 Å². The van der Waals surface area contributed by atoms with Gasteiger partial charge in [0.15, 0.2) is 0 Å². The lowest BCUT2D eigenvalue weighted by molar-refractivity contribution is 0.0697. The average molecular weight is 378 g/mol. The Kier molecular flexibility index (Phi) is 4.49. The highest BCUT2D eigenvalue weighted by atomic mass is 32.2. The highest BCUT2D eigenvalue weighted by molar-refractivity contribution is 7.89. The fourth-order valence-corrected chi connectivity index (χ4v) is 3.93. The Morgan fingerprint density at radius 3 is 2.46 bits per heavy atom. The van der Waals surface area contributed by atoms with E-state index in [0.717, 1.165) is 18.1 Å². The molecule has 0 amide bonds. The van der Waals surface area contributed by atoms with Gasteiger partial charge in [0.25, 0.3) is 0 Å². The molecule has 1 saturated heterocycles. The van der Waals surface area contributed by atoms with Crippen molar-refractivity contribution in [2.75, 3.05) is 18.0 Å². The number of hydrogen-bond donors (Lipinski definition) is 2. The first-order valence-corrected chi connectivity index (χ1v) is 9.56. The number of sulfonamides is 1. The van der Waals surface area contributed by atoms with Gasteiger partial charge in [-0.3, -0.25) is 0 Å². The van der Waals surface area contributed by atoms with Gasteiger partial charge in [0.05, 0.1) is 16.1 Å². The van der Waals surface area contributed by atoms with Crippen molar-refractivity contribution < 1.29 is 22.7 Å². The predicted octanol–water partition coefficient (Wildman–Crippen LogP) is 2.34. The summed E-state index contributed by atoms with van der Waals surface area (Å²) in [5.74, 6) is -1.53. The molecule has 1 aliphatic rings. The van der Waals surface area contributed by atoms with Crippen LogP contribution >= 0.6 is 0 Å². The van der Waals surface area contributed by atoms with E-state index in [1.54, 1.807) is 12.1 Å². The summed E-state index contributed by atoms with van der Waals surface area (Å²) in [6.07, 6.45) is 0.759. The third-order valence-corrected chi connectivity index (χ3v) is 5.79. The van der Waals surface area contributed by atoms with Gasteiger partial charge in [0.1, 0.15) is 5.82 Å². The summed E-state index contributed by atoms with van der Waals surface area (Å²) in [5, 5.41) is 14.6. The zero-order valence-electron chi connectivity index (χ0n) is 14.1. The highest BCUT2D eigenvalue weighted by Gasteiger charge is 2.36. The quantitative estimate of drug-likeness (QED) is 0.850. The van der Waals surface area contributed by atoms with E-state index in [4.69, 9.17) is 5.14 Å². The zero-order chi connectivity index (χ0) is 19.1. The normalized spacial score (nSPS) is 20.3. The molecule has 1 fully saturated rings. The van der Waals surface area contributed by atoms with Crippen LogP contribution in [0.4, 0.5) is 10.1 Å². The van der Waals surface area contributed by atoms with Gasteiger partial charge in [-0.2, -0.15) is 0 Å². The number of carboxylic acid groups (broad SMARTS) is 1. The monoisotopic (exact) mass is 378 g/mol. The minimum atomic E-state index is -3.99. The molecule has 2 aromatic carbocycles. The van der Waals surface area contributed by atoms with E-state index < -0.39 is 16.0 Å². The van der Waals surface area contributed by atoms with Gasteiger partial charge in [-0.15, -0.1) is 0 Å². The lowest BCUT2D eigenvalue weighted by Gasteiger charge is -2.27. The van der Waals surface area contributed by atoms with Crippen LogP contribution < -0.4 is 10.0 Å². The molecule has 1 unspecified atom stereocenters. The second kappa shape index (κ2) is 6.37. The lowest BCUT2D eigenvalue weighted by Crippen LogP contribution is -2.29. The second-order valence-corrected chi connectivity index (χ2v) is 8.33. The number of primary sulfonamides is 1. The van der Waals surface area contributed by atoms with Crippen molar-refractivity contribution in [2.45, 2.75) is 23.7 Å². The largest absolute Gasteiger partial charge is 0.478 e. The Morgan fingerprint density at radius 2 is 1.88 bits per heavy atom. The fourth-order valence-electron chi connectivity index (χ4n) is 3.39. The lowest BCUT2D eigenvalue weighted by atomic mass is 9.82. The average Bonchev–Trinajstić information content (AvgIpc) is 2.97. The summed E-state index contributed by atoms with van der Waals surface area (Å²) < 4.78 is 36.2. The van der Waals surface area contributed by atoms with Crippen LogP contribution in [0.1, 0.15) is 29.3 Å². The molecule has 6 nitrogen and oxygen atoms in total. The van der Waals surface area contributed by atoms with Crippen LogP contribution in [-0.2, 0) is 15.4 Å². The van der Waals surface area contributed by atoms with E-state index >= 15 is 0 Å². The van der Waals surface area contributed by atoms with Crippen molar-refractivity contribution in [2.24, 2.45) is 5.14 Å². The molecule has 0 aliphatic carbocycles. The molecule has 26 heavy (non-hydrogen) atoms. The summed E-state index contributed by atoms with van der Waals surface area (Å²) in [4.78, 5) is 13.3. The van der Waals surface area contributed by atoms with Gasteiger partial charge < -0.3 is 10.0 Å². The molecule has 0 saturated carbocycles. The van der Waals surface area contributed by atoms with Crippen molar-refractivity contribution in [3.8, 4) is 0 Å². The number of carbonyl (C=O) groups is 1. The summed E-state index contributed by atoms with van der Waals surface area (Å²) >= 11 is 0. The van der Waals surface area contributed by atoms with Gasteiger partial charge in [-0.05, 0) is 42.3 Å². The molecule has 3 N–H and O–H groups in total. The number of carboxylic acids is 1. The van der Waals surface area contributed by atoms with Gasteiger partial charge in [0, 0.05) is 18.5 Å². The third kappa shape index (κ3) is 3.42.